The van der Waals surface area contributed by atoms with Gasteiger partial charge >= 0.3 is 0 Å². The number of aromatic nitrogens is 2. The third-order valence-corrected chi connectivity index (χ3v) is 4.46. The average molecular weight is 293 g/mol. The van der Waals surface area contributed by atoms with Crippen molar-refractivity contribution in [1.29, 1.82) is 0 Å². The summed E-state index contributed by atoms with van der Waals surface area (Å²) in [5.41, 5.74) is 1.32. The maximum absolute atomic E-state index is 4.66. The molecule has 0 aliphatic heterocycles. The van der Waals surface area contributed by atoms with Crippen molar-refractivity contribution in [3.05, 3.63) is 18.0 Å². The van der Waals surface area contributed by atoms with Crippen molar-refractivity contribution in [2.75, 3.05) is 0 Å². The van der Waals surface area contributed by atoms with Crippen molar-refractivity contribution in [3.8, 4) is 0 Å². The van der Waals surface area contributed by atoms with E-state index in [1.807, 2.05) is 11.7 Å². The summed E-state index contributed by atoms with van der Waals surface area (Å²) in [4.78, 5) is 0. The Kier molecular flexibility index (Phi) is 10.3. The van der Waals surface area contributed by atoms with Gasteiger partial charge < -0.3 is 0 Å². The second kappa shape index (κ2) is 11.8. The normalized spacial score (nSPS) is 11.4. The lowest BCUT2D eigenvalue weighted by Gasteiger charge is -2.14. The fourth-order valence-electron chi connectivity index (χ4n) is 3.08. The van der Waals surface area contributed by atoms with Crippen molar-refractivity contribution in [2.45, 2.75) is 96.8 Å². The molecule has 1 heterocycles. The van der Waals surface area contributed by atoms with Crippen molar-refractivity contribution >= 4 is 0 Å². The lowest BCUT2D eigenvalue weighted by Crippen LogP contribution is -2.02. The van der Waals surface area contributed by atoms with Gasteiger partial charge in [0.2, 0.25) is 0 Å². The molecule has 0 spiro atoms. The molecule has 0 saturated carbocycles. The highest BCUT2D eigenvalue weighted by Crippen LogP contribution is 2.27. The summed E-state index contributed by atoms with van der Waals surface area (Å²) in [6, 6.07) is 2.22. The zero-order valence-electron chi connectivity index (χ0n) is 14.6. The molecular weight excluding hydrogens is 256 g/mol. The van der Waals surface area contributed by atoms with Crippen LogP contribution in [0.3, 0.4) is 0 Å². The molecule has 0 N–H and O–H groups in total. The van der Waals surface area contributed by atoms with Gasteiger partial charge in [0.15, 0.2) is 0 Å². The standard InChI is InChI=1S/C19H36N2/c1-4-6-8-10-12-14-18(15-13-11-9-7-5-2)19-16-17-21(3)20-19/h16-18H,4-15H2,1-3H3. The lowest BCUT2D eigenvalue weighted by molar-refractivity contribution is 0.479. The van der Waals surface area contributed by atoms with Crippen LogP contribution >= 0.6 is 0 Å². The first-order chi connectivity index (χ1) is 10.3. The molecule has 0 aliphatic rings. The van der Waals surface area contributed by atoms with Crippen molar-refractivity contribution < 1.29 is 0 Å². The van der Waals surface area contributed by atoms with Crippen molar-refractivity contribution in [1.82, 2.24) is 9.78 Å². The predicted molar refractivity (Wildman–Crippen MR) is 92.7 cm³/mol. The Morgan fingerprint density at radius 3 is 1.81 bits per heavy atom. The molecule has 0 unspecified atom stereocenters. The van der Waals surface area contributed by atoms with E-state index in [2.05, 4.69) is 31.2 Å². The van der Waals surface area contributed by atoms with Gasteiger partial charge in [-0.2, -0.15) is 5.10 Å². The van der Waals surface area contributed by atoms with Crippen LogP contribution in [0.25, 0.3) is 0 Å². The number of hydrogen-bond acceptors (Lipinski definition) is 1. The minimum Gasteiger partial charge on any atom is -0.276 e. The summed E-state index contributed by atoms with van der Waals surface area (Å²) in [5.74, 6) is 0.689. The third kappa shape index (κ3) is 8.28. The largest absolute Gasteiger partial charge is 0.276 e. The predicted octanol–water partition coefficient (Wildman–Crippen LogP) is 6.22. The summed E-state index contributed by atoms with van der Waals surface area (Å²) >= 11 is 0. The van der Waals surface area contributed by atoms with Crippen molar-refractivity contribution in [3.63, 3.8) is 0 Å². The highest BCUT2D eigenvalue weighted by atomic mass is 15.2. The van der Waals surface area contributed by atoms with Gasteiger partial charge in [-0.25, -0.2) is 0 Å². The fraction of sp³-hybridized carbons (Fsp3) is 0.842. The van der Waals surface area contributed by atoms with Crippen molar-refractivity contribution in [2.24, 2.45) is 7.05 Å². The van der Waals surface area contributed by atoms with Gasteiger partial charge in [-0.3, -0.25) is 4.68 Å². The minimum atomic E-state index is 0.689. The van der Waals surface area contributed by atoms with Crippen LogP contribution in [0.15, 0.2) is 12.3 Å². The first-order valence-corrected chi connectivity index (χ1v) is 9.27. The van der Waals surface area contributed by atoms with E-state index in [4.69, 9.17) is 0 Å². The van der Waals surface area contributed by atoms with Crippen LogP contribution in [-0.2, 0) is 7.05 Å². The number of unbranched alkanes of at least 4 members (excludes halogenated alkanes) is 8. The summed E-state index contributed by atoms with van der Waals surface area (Å²) in [6.45, 7) is 4.57. The van der Waals surface area contributed by atoms with Crippen LogP contribution in [0.1, 0.15) is 103 Å². The Labute approximate surface area is 132 Å². The van der Waals surface area contributed by atoms with Crippen LogP contribution in [0, 0.1) is 0 Å². The SMILES string of the molecule is CCCCCCCC(CCCCCCC)c1ccn(C)n1. The maximum atomic E-state index is 4.66. The van der Waals surface area contributed by atoms with Gasteiger partial charge in [-0.1, -0.05) is 78.1 Å². The second-order valence-corrected chi connectivity index (χ2v) is 6.52. The quantitative estimate of drug-likeness (QED) is 0.394. The highest BCUT2D eigenvalue weighted by molar-refractivity contribution is 5.06. The number of hydrogen-bond donors (Lipinski definition) is 0. The van der Waals surface area contributed by atoms with E-state index < -0.39 is 0 Å². The van der Waals surface area contributed by atoms with E-state index in [9.17, 15) is 0 Å². The van der Waals surface area contributed by atoms with Crippen LogP contribution in [0.5, 0.6) is 0 Å². The van der Waals surface area contributed by atoms with Gasteiger partial charge in [0.1, 0.15) is 0 Å². The summed E-state index contributed by atoms with van der Waals surface area (Å²) < 4.78 is 1.95. The van der Waals surface area contributed by atoms with Gasteiger partial charge in [0, 0.05) is 19.2 Å². The molecule has 21 heavy (non-hydrogen) atoms. The Bertz CT molecular complexity index is 329. The zero-order valence-corrected chi connectivity index (χ0v) is 14.6. The summed E-state index contributed by atoms with van der Waals surface area (Å²) in [6.07, 6.45) is 18.6. The molecule has 0 atom stereocenters. The lowest BCUT2D eigenvalue weighted by atomic mass is 9.91. The Morgan fingerprint density at radius 2 is 1.38 bits per heavy atom. The molecule has 1 rings (SSSR count). The number of nitrogens with zero attached hydrogens (tertiary/aromatic N) is 2. The summed E-state index contributed by atoms with van der Waals surface area (Å²) in [5, 5.41) is 4.66. The van der Waals surface area contributed by atoms with Gasteiger partial charge in [-0.15, -0.1) is 0 Å². The van der Waals surface area contributed by atoms with Crippen LogP contribution in [0.2, 0.25) is 0 Å². The van der Waals surface area contributed by atoms with E-state index in [0.29, 0.717) is 5.92 Å². The molecule has 122 valence electrons. The molecule has 1 aromatic heterocycles. The number of rotatable bonds is 13. The molecule has 0 aromatic carbocycles. The molecule has 2 nitrogen and oxygen atoms in total. The van der Waals surface area contributed by atoms with E-state index in [0.717, 1.165) is 0 Å². The number of aryl methyl sites for hydroxylation is 1. The van der Waals surface area contributed by atoms with Crippen LogP contribution < -0.4 is 0 Å². The molecule has 2 heteroatoms. The maximum Gasteiger partial charge on any atom is 0.0655 e. The van der Waals surface area contributed by atoms with E-state index in [1.165, 1.54) is 82.7 Å². The van der Waals surface area contributed by atoms with E-state index in [1.54, 1.807) is 0 Å². The zero-order chi connectivity index (χ0) is 15.3. The minimum absolute atomic E-state index is 0.689. The van der Waals surface area contributed by atoms with E-state index in [-0.39, 0.29) is 0 Å². The Balaban J connectivity index is 2.32. The Morgan fingerprint density at radius 1 is 0.857 bits per heavy atom. The highest BCUT2D eigenvalue weighted by Gasteiger charge is 2.13. The fourth-order valence-corrected chi connectivity index (χ4v) is 3.08. The Hall–Kier alpha value is -0.790. The van der Waals surface area contributed by atoms with E-state index >= 15 is 0 Å². The first kappa shape index (κ1) is 18.3. The molecule has 0 radical (unpaired) electrons. The first-order valence-electron chi connectivity index (χ1n) is 9.27. The summed E-state index contributed by atoms with van der Waals surface area (Å²) in [7, 11) is 2.03. The van der Waals surface area contributed by atoms with Crippen LogP contribution in [-0.4, -0.2) is 9.78 Å². The molecule has 0 fully saturated rings. The van der Waals surface area contributed by atoms with Gasteiger partial charge in [0.05, 0.1) is 5.69 Å². The molecule has 0 saturated heterocycles. The molecular formula is C19H36N2. The monoisotopic (exact) mass is 292 g/mol. The smallest absolute Gasteiger partial charge is 0.0655 e. The third-order valence-electron chi connectivity index (χ3n) is 4.46. The van der Waals surface area contributed by atoms with Gasteiger partial charge in [0.25, 0.3) is 0 Å². The molecule has 0 amide bonds. The molecule has 0 aliphatic carbocycles. The topological polar surface area (TPSA) is 17.8 Å². The molecule has 0 bridgehead atoms. The molecule has 1 aromatic rings. The van der Waals surface area contributed by atoms with Gasteiger partial charge in [-0.05, 0) is 18.9 Å². The average Bonchev–Trinajstić information content (AvgIpc) is 2.91. The van der Waals surface area contributed by atoms with Crippen LogP contribution in [0.4, 0.5) is 0 Å². The second-order valence-electron chi connectivity index (χ2n) is 6.52.